The summed E-state index contributed by atoms with van der Waals surface area (Å²) in [5, 5.41) is 18.9. The van der Waals surface area contributed by atoms with E-state index in [9.17, 15) is 15.2 Å². The van der Waals surface area contributed by atoms with E-state index in [1.807, 2.05) is 6.08 Å². The molecule has 4 aliphatic carbocycles. The van der Waals surface area contributed by atoms with Crippen LogP contribution in [0.2, 0.25) is 0 Å². The molecule has 6 atom stereocenters. The van der Waals surface area contributed by atoms with Crippen molar-refractivity contribution in [1.29, 1.82) is 5.26 Å². The molecule has 128 valence electrons. The molecule has 0 amide bonds. The second kappa shape index (κ2) is 5.22. The van der Waals surface area contributed by atoms with Crippen molar-refractivity contribution in [3.05, 3.63) is 23.3 Å². The molecule has 1 N–H and O–H groups in total. The van der Waals surface area contributed by atoms with Crippen LogP contribution in [0.25, 0.3) is 0 Å². The first-order valence-corrected chi connectivity index (χ1v) is 9.44. The molecule has 4 rings (SSSR count). The zero-order chi connectivity index (χ0) is 17.1. The normalized spacial score (nSPS) is 46.7. The first kappa shape index (κ1) is 15.9. The largest absolute Gasteiger partial charge is 0.478 e. The molecule has 4 aliphatic rings. The lowest BCUT2D eigenvalue weighted by Crippen LogP contribution is -2.49. The maximum absolute atomic E-state index is 11.4. The Morgan fingerprint density at radius 1 is 1.25 bits per heavy atom. The fraction of sp³-hybridized carbons (Fsp3) is 0.714. The monoisotopic (exact) mass is 325 g/mol. The van der Waals surface area contributed by atoms with Crippen LogP contribution in [-0.2, 0) is 4.79 Å². The Bertz CT molecular complexity index is 684. The predicted molar refractivity (Wildman–Crippen MR) is 91.9 cm³/mol. The number of nitrogens with zero attached hydrogens (tertiary/aromatic N) is 1. The van der Waals surface area contributed by atoms with Crippen molar-refractivity contribution in [2.45, 2.75) is 58.8 Å². The first-order chi connectivity index (χ1) is 11.4. The van der Waals surface area contributed by atoms with Crippen LogP contribution in [0.1, 0.15) is 58.8 Å². The number of hydrogen-bond acceptors (Lipinski definition) is 2. The number of carboxylic acid groups (broad SMARTS) is 1. The molecule has 0 aliphatic heterocycles. The first-order valence-electron chi connectivity index (χ1n) is 9.44. The van der Waals surface area contributed by atoms with Crippen molar-refractivity contribution in [3.63, 3.8) is 0 Å². The van der Waals surface area contributed by atoms with Crippen molar-refractivity contribution >= 4 is 5.97 Å². The van der Waals surface area contributed by atoms with Crippen LogP contribution < -0.4 is 0 Å². The summed E-state index contributed by atoms with van der Waals surface area (Å²) in [5.74, 6) is 1.46. The number of allylic oxidation sites excluding steroid dienone is 3. The molecule has 0 radical (unpaired) electrons. The van der Waals surface area contributed by atoms with E-state index in [2.05, 4.69) is 26.0 Å². The van der Waals surface area contributed by atoms with E-state index < -0.39 is 5.97 Å². The third kappa shape index (κ3) is 1.98. The lowest BCUT2D eigenvalue weighted by molar-refractivity contribution is -0.133. The Hall–Kier alpha value is -1.56. The Morgan fingerprint density at radius 3 is 2.75 bits per heavy atom. The van der Waals surface area contributed by atoms with Gasteiger partial charge in [-0.15, -0.1) is 0 Å². The van der Waals surface area contributed by atoms with E-state index in [1.165, 1.54) is 18.4 Å². The lowest BCUT2D eigenvalue weighted by atomic mass is 9.48. The molecule has 2 saturated carbocycles. The maximum atomic E-state index is 11.4. The lowest BCUT2D eigenvalue weighted by Gasteiger charge is -2.56. The van der Waals surface area contributed by atoms with E-state index in [-0.39, 0.29) is 16.7 Å². The van der Waals surface area contributed by atoms with Crippen molar-refractivity contribution in [3.8, 4) is 6.07 Å². The van der Waals surface area contributed by atoms with E-state index in [0.29, 0.717) is 29.7 Å². The van der Waals surface area contributed by atoms with Crippen LogP contribution in [0.4, 0.5) is 0 Å². The molecule has 0 saturated heterocycles. The topological polar surface area (TPSA) is 61.1 Å². The van der Waals surface area contributed by atoms with Gasteiger partial charge in [0.25, 0.3) is 0 Å². The maximum Gasteiger partial charge on any atom is 0.331 e. The summed E-state index contributed by atoms with van der Waals surface area (Å²) in [5.41, 5.74) is 2.18. The summed E-state index contributed by atoms with van der Waals surface area (Å²) in [6, 6.07) is 2.59. The van der Waals surface area contributed by atoms with Crippen molar-refractivity contribution in [2.24, 2.45) is 34.5 Å². The standard InChI is InChI=1S/C21H27NO2/c1-20-9-7-13(19(23)24)11-14(20)3-5-16-17-6-4-15(12-22)21(17,2)10-8-18(16)20/h3,11,15-18H,4-10H2,1-2H3,(H,23,24)/t15-,16+,17+,18+,20+,21-/m1/s1. The third-order valence-corrected chi connectivity index (χ3v) is 8.20. The molecule has 3 heteroatoms. The molecular weight excluding hydrogens is 298 g/mol. The summed E-state index contributed by atoms with van der Waals surface area (Å²) < 4.78 is 0. The highest BCUT2D eigenvalue weighted by Gasteiger charge is 2.58. The van der Waals surface area contributed by atoms with Gasteiger partial charge in [0.05, 0.1) is 12.0 Å². The van der Waals surface area contributed by atoms with Crippen LogP contribution >= 0.6 is 0 Å². The van der Waals surface area contributed by atoms with Gasteiger partial charge in [0.1, 0.15) is 0 Å². The molecule has 0 unspecified atom stereocenters. The number of nitriles is 1. The molecule has 3 nitrogen and oxygen atoms in total. The molecule has 24 heavy (non-hydrogen) atoms. The van der Waals surface area contributed by atoms with Crippen LogP contribution in [0, 0.1) is 45.8 Å². The highest BCUT2D eigenvalue weighted by atomic mass is 16.4. The summed E-state index contributed by atoms with van der Waals surface area (Å²) >= 11 is 0. The Balaban J connectivity index is 1.69. The van der Waals surface area contributed by atoms with E-state index in [4.69, 9.17) is 0 Å². The van der Waals surface area contributed by atoms with Crippen LogP contribution in [0.5, 0.6) is 0 Å². The highest BCUT2D eigenvalue weighted by Crippen LogP contribution is 2.65. The summed E-state index contributed by atoms with van der Waals surface area (Å²) in [4.78, 5) is 11.4. The number of aliphatic carboxylic acids is 1. The van der Waals surface area contributed by atoms with Crippen molar-refractivity contribution in [1.82, 2.24) is 0 Å². The fourth-order valence-electron chi connectivity index (χ4n) is 6.71. The smallest absolute Gasteiger partial charge is 0.331 e. The van der Waals surface area contributed by atoms with Crippen molar-refractivity contribution < 1.29 is 9.90 Å². The van der Waals surface area contributed by atoms with Crippen LogP contribution in [0.3, 0.4) is 0 Å². The summed E-state index contributed by atoms with van der Waals surface area (Å²) in [6.07, 6.45) is 11.6. The number of carboxylic acids is 1. The summed E-state index contributed by atoms with van der Waals surface area (Å²) in [6.45, 7) is 4.73. The van der Waals surface area contributed by atoms with Gasteiger partial charge in [0, 0.05) is 5.57 Å². The average molecular weight is 325 g/mol. The molecule has 0 aromatic carbocycles. The van der Waals surface area contributed by atoms with Gasteiger partial charge in [0.2, 0.25) is 0 Å². The van der Waals surface area contributed by atoms with Gasteiger partial charge in [-0.05, 0) is 85.2 Å². The zero-order valence-corrected chi connectivity index (χ0v) is 14.7. The zero-order valence-electron chi connectivity index (χ0n) is 14.7. The molecule has 0 spiro atoms. The minimum atomic E-state index is -0.760. The van der Waals surface area contributed by atoms with E-state index >= 15 is 0 Å². The Morgan fingerprint density at radius 2 is 2.04 bits per heavy atom. The minimum Gasteiger partial charge on any atom is -0.478 e. The van der Waals surface area contributed by atoms with E-state index in [0.717, 1.165) is 25.7 Å². The Kier molecular flexibility index (Phi) is 3.46. The van der Waals surface area contributed by atoms with Gasteiger partial charge < -0.3 is 5.11 Å². The predicted octanol–water partition coefficient (Wildman–Crippen LogP) is 4.71. The molecule has 0 bridgehead atoms. The number of fused-ring (bicyclic) bond motifs is 5. The van der Waals surface area contributed by atoms with Gasteiger partial charge in [-0.2, -0.15) is 5.26 Å². The molecule has 0 aromatic rings. The van der Waals surface area contributed by atoms with Gasteiger partial charge in [-0.1, -0.05) is 19.9 Å². The molecular formula is C21H27NO2. The van der Waals surface area contributed by atoms with Gasteiger partial charge in [0.15, 0.2) is 0 Å². The second-order valence-corrected chi connectivity index (χ2v) is 8.97. The number of rotatable bonds is 1. The average Bonchev–Trinajstić information content (AvgIpc) is 2.90. The van der Waals surface area contributed by atoms with Gasteiger partial charge in [-0.3, -0.25) is 0 Å². The van der Waals surface area contributed by atoms with Gasteiger partial charge >= 0.3 is 5.97 Å². The quantitative estimate of drug-likeness (QED) is 0.759. The second-order valence-electron chi connectivity index (χ2n) is 8.97. The SMILES string of the molecule is C[C@]12CC[C@H]3[C@@H](CC=C4C=C(C(=O)O)CC[C@@]43C)[C@@H]1CC[C@@H]2C#N. The Labute approximate surface area is 144 Å². The highest BCUT2D eigenvalue weighted by molar-refractivity contribution is 5.87. The fourth-order valence-corrected chi connectivity index (χ4v) is 6.71. The summed E-state index contributed by atoms with van der Waals surface area (Å²) in [7, 11) is 0. The number of hydrogen-bond donors (Lipinski definition) is 1. The number of carbonyl (C=O) groups is 1. The van der Waals surface area contributed by atoms with Crippen LogP contribution in [0.15, 0.2) is 23.3 Å². The minimum absolute atomic E-state index is 0.133. The van der Waals surface area contributed by atoms with E-state index in [1.54, 1.807) is 0 Å². The third-order valence-electron chi connectivity index (χ3n) is 8.20. The van der Waals surface area contributed by atoms with Crippen LogP contribution in [-0.4, -0.2) is 11.1 Å². The van der Waals surface area contributed by atoms with Crippen molar-refractivity contribution in [2.75, 3.05) is 0 Å². The molecule has 2 fully saturated rings. The molecule has 0 heterocycles. The molecule has 0 aromatic heterocycles. The van der Waals surface area contributed by atoms with Gasteiger partial charge in [-0.25, -0.2) is 4.79 Å².